The molecule has 0 saturated heterocycles. The van der Waals surface area contributed by atoms with Crippen LogP contribution in [-0.4, -0.2) is 26.4 Å². The van der Waals surface area contributed by atoms with Gasteiger partial charge in [0.2, 0.25) is 5.69 Å². The number of aliphatic hydroxyl groups is 1. The van der Waals surface area contributed by atoms with Gasteiger partial charge in [0.25, 0.3) is 0 Å². The molecule has 0 amide bonds. The van der Waals surface area contributed by atoms with Gasteiger partial charge in [0, 0.05) is 18.2 Å². The van der Waals surface area contributed by atoms with Crippen molar-refractivity contribution in [3.63, 3.8) is 0 Å². The van der Waals surface area contributed by atoms with E-state index in [0.29, 0.717) is 10.7 Å². The van der Waals surface area contributed by atoms with Gasteiger partial charge in [-0.1, -0.05) is 19.4 Å². The van der Waals surface area contributed by atoms with Crippen LogP contribution in [0.3, 0.4) is 0 Å². The van der Waals surface area contributed by atoms with Crippen LogP contribution in [-0.2, 0) is 18.6 Å². The highest BCUT2D eigenvalue weighted by Gasteiger charge is 2.34. The largest absolute Gasteiger partial charge is 0.382 e. The molecule has 0 fully saturated rings. The number of unbranched alkanes of at least 4 members (excludes halogenated alkanes) is 1. The molecule has 152 valence electrons. The number of hydrogen-bond donors (Lipinski definition) is 2. The number of aromatic nitrogens is 3. The second kappa shape index (κ2) is 9.11. The minimum Gasteiger partial charge on any atom is -0.382 e. The Morgan fingerprint density at radius 3 is 2.83 bits per heavy atom. The minimum absolute atomic E-state index is 0.0611. The fourth-order valence-electron chi connectivity index (χ4n) is 3.03. The van der Waals surface area contributed by atoms with E-state index >= 15 is 0 Å². The van der Waals surface area contributed by atoms with Crippen molar-refractivity contribution in [1.29, 1.82) is 0 Å². The molecule has 0 saturated carbocycles. The number of halogens is 2. The molecule has 9 heteroatoms. The topological polar surface area (TPSA) is 67.3 Å². The van der Waals surface area contributed by atoms with E-state index in [0.717, 1.165) is 36.3 Å². The average Bonchev–Trinajstić information content (AvgIpc) is 3.33. The Morgan fingerprint density at radius 2 is 2.17 bits per heavy atom. The van der Waals surface area contributed by atoms with E-state index in [2.05, 4.69) is 27.2 Å². The highest BCUT2D eigenvalue weighted by Crippen LogP contribution is 2.37. The number of rotatable bonds is 9. The van der Waals surface area contributed by atoms with Crippen LogP contribution in [0.4, 0.5) is 19.5 Å². The van der Waals surface area contributed by atoms with Gasteiger partial charge < -0.3 is 10.4 Å². The highest BCUT2D eigenvalue weighted by atomic mass is 32.1. The average molecular weight is 417 g/mol. The summed E-state index contributed by atoms with van der Waals surface area (Å²) in [6, 6.07) is 4.90. The second-order valence-electron chi connectivity index (χ2n) is 6.74. The lowest BCUT2D eigenvalue weighted by Crippen LogP contribution is -2.39. The molecule has 3 rings (SSSR count). The predicted molar refractivity (Wildman–Crippen MR) is 108 cm³/mol. The van der Waals surface area contributed by atoms with Gasteiger partial charge in [-0.3, -0.25) is 0 Å². The number of nitrogens with zero attached hydrogens (tertiary/aromatic N) is 4. The normalized spacial score (nSPS) is 13.1. The molecule has 0 aliphatic heterocycles. The van der Waals surface area contributed by atoms with Crippen LogP contribution in [0.25, 0.3) is 4.85 Å². The first kappa shape index (κ1) is 20.9. The van der Waals surface area contributed by atoms with Gasteiger partial charge in [0.15, 0.2) is 0 Å². The van der Waals surface area contributed by atoms with Crippen LogP contribution in [0, 0.1) is 18.2 Å². The third-order valence-electron chi connectivity index (χ3n) is 4.52. The fourth-order valence-corrected chi connectivity index (χ4v) is 4.06. The summed E-state index contributed by atoms with van der Waals surface area (Å²) in [7, 11) is 0. The van der Waals surface area contributed by atoms with Crippen molar-refractivity contribution in [1.82, 2.24) is 14.8 Å². The number of anilines is 1. The predicted octanol–water partition coefficient (Wildman–Crippen LogP) is 4.51. The lowest BCUT2D eigenvalue weighted by atomic mass is 9.93. The van der Waals surface area contributed by atoms with E-state index < -0.39 is 17.2 Å². The molecule has 1 atom stereocenters. The van der Waals surface area contributed by atoms with Crippen LogP contribution >= 0.6 is 11.3 Å². The summed E-state index contributed by atoms with van der Waals surface area (Å²) in [5.41, 5.74) is -1.34. The molecule has 6 nitrogen and oxygen atoms in total. The van der Waals surface area contributed by atoms with E-state index in [1.165, 1.54) is 34.7 Å². The SMILES string of the molecule is [C-]#[N+]c1cc(CCCC)sc1NC[C@](O)(Cn1cncn1)c1ccc(F)cc1F. The number of thiophene rings is 1. The minimum atomic E-state index is -1.74. The second-order valence-corrected chi connectivity index (χ2v) is 7.88. The molecule has 0 radical (unpaired) electrons. The molecule has 29 heavy (non-hydrogen) atoms. The van der Waals surface area contributed by atoms with Crippen LogP contribution in [0.5, 0.6) is 0 Å². The zero-order valence-corrected chi connectivity index (χ0v) is 16.7. The molecule has 0 unspecified atom stereocenters. The molecule has 1 aromatic carbocycles. The summed E-state index contributed by atoms with van der Waals surface area (Å²) in [6.45, 7) is 9.31. The van der Waals surface area contributed by atoms with Crippen LogP contribution in [0.2, 0.25) is 0 Å². The first-order valence-electron chi connectivity index (χ1n) is 9.19. The van der Waals surface area contributed by atoms with Crippen LogP contribution in [0.1, 0.15) is 30.2 Å². The summed E-state index contributed by atoms with van der Waals surface area (Å²) < 4.78 is 29.2. The Bertz CT molecular complexity index is 999. The summed E-state index contributed by atoms with van der Waals surface area (Å²) in [5, 5.41) is 19.0. The third-order valence-corrected chi connectivity index (χ3v) is 5.67. The van der Waals surface area contributed by atoms with E-state index in [1.807, 2.05) is 6.07 Å². The van der Waals surface area contributed by atoms with Crippen molar-refractivity contribution in [3.8, 4) is 0 Å². The molecule has 0 bridgehead atoms. The third kappa shape index (κ3) is 4.96. The van der Waals surface area contributed by atoms with Gasteiger partial charge in [0.05, 0.1) is 18.1 Å². The lowest BCUT2D eigenvalue weighted by molar-refractivity contribution is 0.0248. The lowest BCUT2D eigenvalue weighted by Gasteiger charge is -2.29. The molecule has 2 N–H and O–H groups in total. The maximum atomic E-state index is 14.5. The molecular weight excluding hydrogens is 396 g/mol. The molecule has 3 aromatic rings. The van der Waals surface area contributed by atoms with Crippen LogP contribution in [0.15, 0.2) is 36.9 Å². The van der Waals surface area contributed by atoms with Gasteiger partial charge >= 0.3 is 0 Å². The van der Waals surface area contributed by atoms with Gasteiger partial charge in [-0.2, -0.15) is 5.10 Å². The molecule has 0 aliphatic carbocycles. The Labute approximate surface area is 171 Å². The fraction of sp³-hybridized carbons (Fsp3) is 0.350. The van der Waals surface area contributed by atoms with Crippen molar-refractivity contribution >= 4 is 22.0 Å². The molecule has 2 heterocycles. The van der Waals surface area contributed by atoms with Crippen molar-refractivity contribution in [2.24, 2.45) is 0 Å². The van der Waals surface area contributed by atoms with Crippen LogP contribution < -0.4 is 5.32 Å². The van der Waals surface area contributed by atoms with E-state index in [1.54, 1.807) is 0 Å². The van der Waals surface area contributed by atoms with Gasteiger partial charge in [-0.25, -0.2) is 23.3 Å². The first-order valence-corrected chi connectivity index (χ1v) is 10.0. The van der Waals surface area contributed by atoms with Crippen molar-refractivity contribution in [2.45, 2.75) is 38.3 Å². The van der Waals surface area contributed by atoms with Gasteiger partial charge in [-0.05, 0) is 29.9 Å². The Hall–Kier alpha value is -2.83. The quantitative estimate of drug-likeness (QED) is 0.503. The maximum Gasteiger partial charge on any atom is 0.220 e. The summed E-state index contributed by atoms with van der Waals surface area (Å²) >= 11 is 1.45. The van der Waals surface area contributed by atoms with E-state index in [-0.39, 0.29) is 18.7 Å². The number of hydrogen-bond acceptors (Lipinski definition) is 5. The maximum absolute atomic E-state index is 14.5. The smallest absolute Gasteiger partial charge is 0.220 e. The van der Waals surface area contributed by atoms with Gasteiger partial charge in [0.1, 0.15) is 29.9 Å². The Morgan fingerprint density at radius 1 is 1.34 bits per heavy atom. The summed E-state index contributed by atoms with van der Waals surface area (Å²) in [5.74, 6) is -1.58. The highest BCUT2D eigenvalue weighted by molar-refractivity contribution is 7.16. The number of nitrogens with one attached hydrogen (secondary N) is 1. The molecule has 0 spiro atoms. The standard InChI is InChI=1S/C20H21F2N5OS/c1-3-4-5-15-9-18(23-2)19(29-15)25-10-20(28,11-27-13-24-12-26-27)16-7-6-14(21)8-17(16)22/h6-9,12-13,25,28H,3-5,10-11H2,1H3/t20-/m0/s1. The Balaban J connectivity index is 1.88. The van der Waals surface area contributed by atoms with Crippen molar-refractivity contribution < 1.29 is 13.9 Å². The number of benzene rings is 1. The zero-order chi connectivity index (χ0) is 20.9. The number of aryl methyl sites for hydroxylation is 1. The van der Waals surface area contributed by atoms with Gasteiger partial charge in [-0.15, -0.1) is 11.3 Å². The van der Waals surface area contributed by atoms with Crippen molar-refractivity contribution in [3.05, 3.63) is 70.4 Å². The van der Waals surface area contributed by atoms with E-state index in [4.69, 9.17) is 6.57 Å². The summed E-state index contributed by atoms with van der Waals surface area (Å²) in [4.78, 5) is 8.46. The zero-order valence-electron chi connectivity index (χ0n) is 15.9. The molecular formula is C20H21F2N5OS. The first-order chi connectivity index (χ1) is 13.9. The monoisotopic (exact) mass is 417 g/mol. The Kier molecular flexibility index (Phi) is 6.56. The van der Waals surface area contributed by atoms with E-state index in [9.17, 15) is 13.9 Å². The molecule has 0 aliphatic rings. The molecule has 2 aromatic heterocycles. The summed E-state index contributed by atoms with van der Waals surface area (Å²) in [6.07, 6.45) is 5.67. The van der Waals surface area contributed by atoms with Crippen molar-refractivity contribution in [2.75, 3.05) is 11.9 Å².